The van der Waals surface area contributed by atoms with Crippen LogP contribution in [0.25, 0.3) is 22.4 Å². The van der Waals surface area contributed by atoms with Gasteiger partial charge >= 0.3 is 0 Å². The number of ether oxygens (including phenoxy) is 1. The molecule has 2 aromatic carbocycles. The van der Waals surface area contributed by atoms with Gasteiger partial charge in [0, 0.05) is 15.6 Å². The molecule has 1 heterocycles. The molecule has 1 aliphatic rings. The minimum absolute atomic E-state index is 0.0794. The lowest BCUT2D eigenvalue weighted by atomic mass is 9.96. The van der Waals surface area contributed by atoms with Crippen LogP contribution in [0.2, 0.25) is 0 Å². The fourth-order valence-electron chi connectivity index (χ4n) is 3.86. The number of aromatic carboxylic acids is 1. The van der Waals surface area contributed by atoms with Crippen molar-refractivity contribution in [1.29, 1.82) is 0 Å². The molecule has 0 amide bonds. The van der Waals surface area contributed by atoms with Crippen LogP contribution in [0.1, 0.15) is 36.2 Å². The largest absolute Gasteiger partial charge is 0.543 e. The summed E-state index contributed by atoms with van der Waals surface area (Å²) in [5.41, 5.74) is 3.25. The molecule has 1 saturated carbocycles. The Hall–Kier alpha value is -2.66. The molecule has 4 nitrogen and oxygen atoms in total. The lowest BCUT2D eigenvalue weighted by molar-refractivity contribution is -0.255. The van der Waals surface area contributed by atoms with Crippen molar-refractivity contribution < 1.29 is 14.6 Å². The second-order valence-corrected chi connectivity index (χ2v) is 8.26. The minimum Gasteiger partial charge on any atom is -0.543 e. The van der Waals surface area contributed by atoms with Crippen LogP contribution >= 0.6 is 15.9 Å². The molecule has 4 rings (SSSR count). The zero-order valence-corrected chi connectivity index (χ0v) is 17.5. The Balaban J connectivity index is 1.74. The Kier molecular flexibility index (Phi) is 5.95. The van der Waals surface area contributed by atoms with Crippen LogP contribution in [0.15, 0.2) is 65.1 Å². The highest BCUT2D eigenvalue weighted by atomic mass is 79.9. The molecule has 3 aromatic rings. The number of pyridine rings is 1. The van der Waals surface area contributed by atoms with Gasteiger partial charge in [0.2, 0.25) is 0 Å². The van der Waals surface area contributed by atoms with E-state index in [9.17, 15) is 9.90 Å². The van der Waals surface area contributed by atoms with Crippen LogP contribution in [0.5, 0.6) is 5.75 Å². The summed E-state index contributed by atoms with van der Waals surface area (Å²) in [5, 5.41) is 11.2. The van der Waals surface area contributed by atoms with Crippen molar-refractivity contribution in [3.63, 3.8) is 0 Å². The zero-order valence-electron chi connectivity index (χ0n) is 15.9. The molecule has 0 spiro atoms. The van der Waals surface area contributed by atoms with Crippen molar-refractivity contribution in [3.05, 3.63) is 70.8 Å². The Labute approximate surface area is 178 Å². The molecule has 1 aromatic heterocycles. The third-order valence-corrected chi connectivity index (χ3v) is 5.84. The van der Waals surface area contributed by atoms with E-state index in [1.807, 2.05) is 48.5 Å². The number of halogens is 1. The van der Waals surface area contributed by atoms with Crippen LogP contribution in [0.4, 0.5) is 0 Å². The van der Waals surface area contributed by atoms with E-state index in [0.717, 1.165) is 33.5 Å². The fraction of sp³-hybridized carbons (Fsp3) is 0.250. The van der Waals surface area contributed by atoms with Gasteiger partial charge in [-0.15, -0.1) is 0 Å². The zero-order chi connectivity index (χ0) is 20.2. The summed E-state index contributed by atoms with van der Waals surface area (Å²) in [6, 6.07) is 18.8. The average molecular weight is 451 g/mol. The number of hydrogen-bond donors (Lipinski definition) is 0. The van der Waals surface area contributed by atoms with E-state index in [1.54, 1.807) is 6.07 Å². The van der Waals surface area contributed by atoms with Crippen LogP contribution in [-0.4, -0.2) is 17.6 Å². The van der Waals surface area contributed by atoms with Crippen LogP contribution < -0.4 is 9.84 Å². The van der Waals surface area contributed by atoms with Crippen LogP contribution in [0, 0.1) is 5.92 Å². The Bertz CT molecular complexity index is 1030. The van der Waals surface area contributed by atoms with Gasteiger partial charge < -0.3 is 14.6 Å². The number of carboxylic acid groups (broad SMARTS) is 1. The third kappa shape index (κ3) is 4.51. The van der Waals surface area contributed by atoms with Crippen molar-refractivity contribution in [1.82, 2.24) is 4.98 Å². The summed E-state index contributed by atoms with van der Waals surface area (Å²) in [7, 11) is 0. The summed E-state index contributed by atoms with van der Waals surface area (Å²) in [6.07, 6.45) is 5.01. The summed E-state index contributed by atoms with van der Waals surface area (Å²) >= 11 is 3.57. The molecule has 5 heteroatoms. The van der Waals surface area contributed by atoms with Crippen LogP contribution in [0.3, 0.4) is 0 Å². The Morgan fingerprint density at radius 2 is 1.76 bits per heavy atom. The highest BCUT2D eigenvalue weighted by Gasteiger charge is 2.18. The van der Waals surface area contributed by atoms with E-state index in [2.05, 4.69) is 20.9 Å². The van der Waals surface area contributed by atoms with Gasteiger partial charge in [-0.3, -0.25) is 0 Å². The van der Waals surface area contributed by atoms with E-state index in [0.29, 0.717) is 11.6 Å². The van der Waals surface area contributed by atoms with E-state index >= 15 is 0 Å². The maximum Gasteiger partial charge on any atom is 0.127 e. The lowest BCUT2D eigenvalue weighted by Crippen LogP contribution is -2.23. The second kappa shape index (κ2) is 8.78. The van der Waals surface area contributed by atoms with E-state index in [-0.39, 0.29) is 5.69 Å². The molecule has 29 heavy (non-hydrogen) atoms. The minimum atomic E-state index is -1.28. The van der Waals surface area contributed by atoms with E-state index in [4.69, 9.17) is 4.74 Å². The molecule has 0 atom stereocenters. The number of carboxylic acids is 1. The first kappa shape index (κ1) is 19.6. The normalized spacial score (nSPS) is 14.1. The molecular weight excluding hydrogens is 430 g/mol. The number of carbonyl (C=O) groups excluding carboxylic acids is 1. The van der Waals surface area contributed by atoms with Crippen LogP contribution in [-0.2, 0) is 0 Å². The molecule has 148 valence electrons. The van der Waals surface area contributed by atoms with Crippen molar-refractivity contribution in [3.8, 4) is 28.1 Å². The van der Waals surface area contributed by atoms with Gasteiger partial charge in [0.25, 0.3) is 0 Å². The van der Waals surface area contributed by atoms with E-state index in [1.165, 1.54) is 31.7 Å². The SMILES string of the molecule is O=C([O-])c1cccc(-c2ccccc2-c2cc(Br)ccc2OCC2CCCC2)n1. The summed E-state index contributed by atoms with van der Waals surface area (Å²) in [4.78, 5) is 15.5. The molecule has 0 N–H and O–H groups in total. The van der Waals surface area contributed by atoms with Crippen molar-refractivity contribution in [2.75, 3.05) is 6.61 Å². The molecule has 0 aliphatic heterocycles. The van der Waals surface area contributed by atoms with Crippen molar-refractivity contribution in [2.24, 2.45) is 5.92 Å². The maximum absolute atomic E-state index is 11.2. The number of nitrogens with zero attached hydrogens (tertiary/aromatic N) is 1. The fourth-order valence-corrected chi connectivity index (χ4v) is 4.22. The highest BCUT2D eigenvalue weighted by molar-refractivity contribution is 9.10. The quantitative estimate of drug-likeness (QED) is 0.523. The molecule has 1 aliphatic carbocycles. The summed E-state index contributed by atoms with van der Waals surface area (Å²) in [6.45, 7) is 0.717. The number of hydrogen-bond acceptors (Lipinski definition) is 4. The molecule has 0 unspecified atom stereocenters. The van der Waals surface area contributed by atoms with Gasteiger partial charge in [0.05, 0.1) is 24.0 Å². The molecule has 0 radical (unpaired) electrons. The van der Waals surface area contributed by atoms with Gasteiger partial charge in [-0.1, -0.05) is 59.1 Å². The van der Waals surface area contributed by atoms with Gasteiger partial charge in [-0.2, -0.15) is 0 Å². The monoisotopic (exact) mass is 450 g/mol. The number of rotatable bonds is 6. The topological polar surface area (TPSA) is 62.2 Å². The van der Waals surface area contributed by atoms with Crippen molar-refractivity contribution in [2.45, 2.75) is 25.7 Å². The lowest BCUT2D eigenvalue weighted by Gasteiger charge is -2.17. The molecule has 0 saturated heterocycles. The standard InChI is InChI=1S/C24H22BrNO3/c25-17-12-13-23(29-15-16-6-1-2-7-16)20(14-17)18-8-3-4-9-19(18)21-10-5-11-22(26-21)24(27)28/h3-5,8-14,16H,1-2,6-7,15H2,(H,27,28)/p-1. The first-order valence-electron chi connectivity index (χ1n) is 9.82. The van der Waals surface area contributed by atoms with E-state index < -0.39 is 5.97 Å². The van der Waals surface area contributed by atoms with Gasteiger partial charge in [0.15, 0.2) is 0 Å². The maximum atomic E-state index is 11.2. The average Bonchev–Trinajstić information content (AvgIpc) is 3.26. The third-order valence-electron chi connectivity index (χ3n) is 5.34. The highest BCUT2D eigenvalue weighted by Crippen LogP contribution is 2.39. The molecular formula is C24H21BrNO3-. The predicted octanol–water partition coefficient (Wildman–Crippen LogP) is 5.11. The number of benzene rings is 2. The Morgan fingerprint density at radius 3 is 2.52 bits per heavy atom. The van der Waals surface area contributed by atoms with Gasteiger partial charge in [0.1, 0.15) is 5.75 Å². The van der Waals surface area contributed by atoms with Crippen molar-refractivity contribution >= 4 is 21.9 Å². The number of carbonyl (C=O) groups is 1. The predicted molar refractivity (Wildman–Crippen MR) is 115 cm³/mol. The smallest absolute Gasteiger partial charge is 0.127 e. The second-order valence-electron chi connectivity index (χ2n) is 7.34. The first-order chi connectivity index (χ1) is 14.1. The Morgan fingerprint density at radius 1 is 1.00 bits per heavy atom. The molecule has 1 fully saturated rings. The summed E-state index contributed by atoms with van der Waals surface area (Å²) < 4.78 is 7.19. The van der Waals surface area contributed by atoms with Gasteiger partial charge in [-0.05, 0) is 54.7 Å². The molecule has 0 bridgehead atoms. The summed E-state index contributed by atoms with van der Waals surface area (Å²) in [5.74, 6) is 0.152. The van der Waals surface area contributed by atoms with Gasteiger partial charge in [-0.25, -0.2) is 4.98 Å². The first-order valence-corrected chi connectivity index (χ1v) is 10.6. The number of aromatic nitrogens is 1.